The van der Waals surface area contributed by atoms with Gasteiger partial charge in [-0.05, 0) is 54.3 Å². The van der Waals surface area contributed by atoms with Gasteiger partial charge in [0.15, 0.2) is 6.23 Å². The van der Waals surface area contributed by atoms with Crippen molar-refractivity contribution < 1.29 is 4.74 Å². The number of aromatic nitrogens is 2. The van der Waals surface area contributed by atoms with Gasteiger partial charge in [-0.2, -0.15) is 10.4 Å². The van der Waals surface area contributed by atoms with Gasteiger partial charge in [0.25, 0.3) is 0 Å². The zero-order valence-electron chi connectivity index (χ0n) is 14.9. The summed E-state index contributed by atoms with van der Waals surface area (Å²) in [5.74, 6) is 0. The molecule has 0 spiro atoms. The Bertz CT molecular complexity index is 1180. The molecule has 1 aliphatic rings. The fourth-order valence-electron chi connectivity index (χ4n) is 3.90. The van der Waals surface area contributed by atoms with Crippen LogP contribution in [0.5, 0.6) is 0 Å². The molecule has 132 valence electrons. The Morgan fingerprint density at radius 2 is 1.89 bits per heavy atom. The summed E-state index contributed by atoms with van der Waals surface area (Å²) in [4.78, 5) is 0. The lowest BCUT2D eigenvalue weighted by Gasteiger charge is -2.23. The summed E-state index contributed by atoms with van der Waals surface area (Å²) in [5, 5.41) is 17.7. The maximum absolute atomic E-state index is 9.35. The maximum atomic E-state index is 9.35. The predicted octanol–water partition coefficient (Wildman–Crippen LogP) is 5.43. The lowest BCUT2D eigenvalue weighted by molar-refractivity contribution is -0.0365. The third-order valence-corrected chi connectivity index (χ3v) is 5.29. The molecule has 3 aromatic carbocycles. The van der Waals surface area contributed by atoms with Crippen LogP contribution in [0.25, 0.3) is 32.9 Å². The first-order chi connectivity index (χ1) is 13.3. The fraction of sp³-hybridized carbons (Fsp3) is 0.217. The highest BCUT2D eigenvalue weighted by Gasteiger charge is 2.22. The molecule has 0 bridgehead atoms. The first kappa shape index (κ1) is 16.0. The monoisotopic (exact) mass is 353 g/mol. The topological polar surface area (TPSA) is 50.8 Å². The van der Waals surface area contributed by atoms with E-state index in [-0.39, 0.29) is 6.23 Å². The molecule has 1 unspecified atom stereocenters. The first-order valence-corrected chi connectivity index (χ1v) is 9.37. The minimum Gasteiger partial charge on any atom is -0.356 e. The molecular weight excluding hydrogens is 334 g/mol. The van der Waals surface area contributed by atoms with Crippen LogP contribution in [-0.2, 0) is 4.74 Å². The van der Waals surface area contributed by atoms with Crippen LogP contribution in [-0.4, -0.2) is 16.4 Å². The van der Waals surface area contributed by atoms with E-state index < -0.39 is 0 Å². The first-order valence-electron chi connectivity index (χ1n) is 9.37. The van der Waals surface area contributed by atoms with Crippen LogP contribution in [0.1, 0.15) is 31.1 Å². The van der Waals surface area contributed by atoms with Gasteiger partial charge >= 0.3 is 0 Å². The average molecular weight is 353 g/mol. The summed E-state index contributed by atoms with van der Waals surface area (Å²) < 4.78 is 7.98. The van der Waals surface area contributed by atoms with Gasteiger partial charge in [-0.1, -0.05) is 36.4 Å². The van der Waals surface area contributed by atoms with Gasteiger partial charge in [-0.3, -0.25) is 0 Å². The minimum absolute atomic E-state index is 0.0385. The molecule has 0 radical (unpaired) electrons. The number of nitrogens with zero attached hydrogens (tertiary/aromatic N) is 3. The van der Waals surface area contributed by atoms with Crippen LogP contribution in [0.15, 0.2) is 60.7 Å². The molecule has 0 saturated carbocycles. The molecule has 4 nitrogen and oxygen atoms in total. The highest BCUT2D eigenvalue weighted by Crippen LogP contribution is 2.34. The SMILES string of the molecule is N#Cc1ccc2c(c1)c(-c1ccc3ccccc3c1)nn2C1CCCCO1. The van der Waals surface area contributed by atoms with Crippen LogP contribution in [0.2, 0.25) is 0 Å². The Hall–Kier alpha value is -3.16. The molecular formula is C23H19N3O. The van der Waals surface area contributed by atoms with Crippen LogP contribution in [0.4, 0.5) is 0 Å². The lowest BCUT2D eigenvalue weighted by Crippen LogP contribution is -2.19. The quantitative estimate of drug-likeness (QED) is 0.483. The number of ether oxygens (including phenoxy) is 1. The van der Waals surface area contributed by atoms with Gasteiger partial charge < -0.3 is 4.74 Å². The van der Waals surface area contributed by atoms with Gasteiger partial charge in [0, 0.05) is 17.6 Å². The van der Waals surface area contributed by atoms with E-state index in [2.05, 4.69) is 36.4 Å². The lowest BCUT2D eigenvalue weighted by atomic mass is 10.0. The normalized spacial score (nSPS) is 17.2. The second-order valence-electron chi connectivity index (χ2n) is 7.02. The molecule has 4 aromatic rings. The van der Waals surface area contributed by atoms with Gasteiger partial charge in [-0.25, -0.2) is 4.68 Å². The molecule has 5 rings (SSSR count). The Kier molecular flexibility index (Phi) is 3.88. The molecule has 1 aliphatic heterocycles. The summed E-state index contributed by atoms with van der Waals surface area (Å²) in [6.45, 7) is 0.771. The zero-order valence-corrected chi connectivity index (χ0v) is 14.9. The van der Waals surface area contributed by atoms with Crippen molar-refractivity contribution in [3.8, 4) is 17.3 Å². The minimum atomic E-state index is -0.0385. The van der Waals surface area contributed by atoms with Crippen LogP contribution in [0, 0.1) is 11.3 Å². The molecule has 1 aromatic heterocycles. The highest BCUT2D eigenvalue weighted by atomic mass is 16.5. The molecule has 0 N–H and O–H groups in total. The van der Waals surface area contributed by atoms with E-state index in [1.54, 1.807) is 0 Å². The molecule has 2 heterocycles. The number of hydrogen-bond donors (Lipinski definition) is 0. The predicted molar refractivity (Wildman–Crippen MR) is 106 cm³/mol. The van der Waals surface area contributed by atoms with Gasteiger partial charge in [-0.15, -0.1) is 0 Å². The molecule has 1 fully saturated rings. The number of nitriles is 1. The summed E-state index contributed by atoms with van der Waals surface area (Å²) >= 11 is 0. The Labute approximate surface area is 157 Å². The van der Waals surface area contributed by atoms with E-state index in [1.165, 1.54) is 10.8 Å². The van der Waals surface area contributed by atoms with Crippen molar-refractivity contribution in [2.75, 3.05) is 6.61 Å². The van der Waals surface area contributed by atoms with Crippen molar-refractivity contribution >= 4 is 21.7 Å². The number of benzene rings is 3. The summed E-state index contributed by atoms with van der Waals surface area (Å²) in [6.07, 6.45) is 3.18. The van der Waals surface area contributed by atoms with E-state index in [0.717, 1.165) is 48.0 Å². The summed E-state index contributed by atoms with van der Waals surface area (Å²) in [5.41, 5.74) is 3.63. The van der Waals surface area contributed by atoms with Crippen LogP contribution < -0.4 is 0 Å². The Balaban J connectivity index is 1.73. The van der Waals surface area contributed by atoms with Gasteiger partial charge in [0.2, 0.25) is 0 Å². The third-order valence-electron chi connectivity index (χ3n) is 5.29. The van der Waals surface area contributed by atoms with Crippen molar-refractivity contribution in [3.05, 3.63) is 66.2 Å². The molecule has 0 aliphatic carbocycles. The summed E-state index contributed by atoms with van der Waals surface area (Å²) in [7, 11) is 0. The Morgan fingerprint density at radius 1 is 1.00 bits per heavy atom. The van der Waals surface area contributed by atoms with E-state index in [0.29, 0.717) is 5.56 Å². The maximum Gasteiger partial charge on any atom is 0.150 e. The van der Waals surface area contributed by atoms with Gasteiger partial charge in [0.05, 0.1) is 17.1 Å². The zero-order chi connectivity index (χ0) is 18.2. The second-order valence-corrected chi connectivity index (χ2v) is 7.02. The average Bonchev–Trinajstić information content (AvgIpc) is 3.12. The van der Waals surface area contributed by atoms with E-state index >= 15 is 0 Å². The number of fused-ring (bicyclic) bond motifs is 2. The molecule has 0 amide bonds. The Morgan fingerprint density at radius 3 is 2.70 bits per heavy atom. The van der Waals surface area contributed by atoms with Crippen molar-refractivity contribution in [1.29, 1.82) is 5.26 Å². The second kappa shape index (κ2) is 6.53. The van der Waals surface area contributed by atoms with Crippen molar-refractivity contribution in [3.63, 3.8) is 0 Å². The van der Waals surface area contributed by atoms with Crippen molar-refractivity contribution in [2.24, 2.45) is 0 Å². The van der Waals surface area contributed by atoms with E-state index in [4.69, 9.17) is 9.84 Å². The fourth-order valence-corrected chi connectivity index (χ4v) is 3.90. The van der Waals surface area contributed by atoms with Crippen molar-refractivity contribution in [1.82, 2.24) is 9.78 Å². The van der Waals surface area contributed by atoms with E-state index in [9.17, 15) is 5.26 Å². The van der Waals surface area contributed by atoms with E-state index in [1.807, 2.05) is 35.0 Å². The summed E-state index contributed by atoms with van der Waals surface area (Å²) in [6, 6.07) is 22.7. The standard InChI is InChI=1S/C23H19N3O/c24-15-16-8-11-21-20(13-16)23(25-26(21)22-7-3-4-12-27-22)19-10-9-17-5-1-2-6-18(17)14-19/h1-2,5-6,8-11,13-14,22H,3-4,7,12H2. The molecule has 4 heteroatoms. The number of rotatable bonds is 2. The number of hydrogen-bond acceptors (Lipinski definition) is 3. The van der Waals surface area contributed by atoms with Crippen LogP contribution in [0.3, 0.4) is 0 Å². The highest BCUT2D eigenvalue weighted by molar-refractivity contribution is 5.97. The molecule has 27 heavy (non-hydrogen) atoms. The largest absolute Gasteiger partial charge is 0.356 e. The third kappa shape index (κ3) is 2.77. The van der Waals surface area contributed by atoms with Crippen molar-refractivity contribution in [2.45, 2.75) is 25.5 Å². The van der Waals surface area contributed by atoms with Gasteiger partial charge in [0.1, 0.15) is 5.69 Å². The van der Waals surface area contributed by atoms with Crippen LogP contribution >= 0.6 is 0 Å². The molecule has 1 saturated heterocycles. The smallest absolute Gasteiger partial charge is 0.150 e. The molecule has 1 atom stereocenters.